The quantitative estimate of drug-likeness (QED) is 0.852. The number of hydrogen-bond acceptors (Lipinski definition) is 3. The lowest BCUT2D eigenvalue weighted by Gasteiger charge is -2.36. The van der Waals surface area contributed by atoms with E-state index in [1.165, 1.54) is 21.6 Å². The lowest BCUT2D eigenvalue weighted by atomic mass is 9.92. The van der Waals surface area contributed by atoms with Gasteiger partial charge in [-0.2, -0.15) is 0 Å². The number of nitrogens with zero attached hydrogens (tertiary/aromatic N) is 1. The minimum absolute atomic E-state index is 0.0570. The molecule has 0 spiro atoms. The largest absolute Gasteiger partial charge is 0.330 e. The molecule has 4 heteroatoms. The average molecular weight is 328 g/mol. The highest BCUT2D eigenvalue weighted by Crippen LogP contribution is 2.37. The van der Waals surface area contributed by atoms with Gasteiger partial charge in [0.2, 0.25) is 5.91 Å². The summed E-state index contributed by atoms with van der Waals surface area (Å²) in [6.45, 7) is 6.33. The second kappa shape index (κ2) is 7.28. The summed E-state index contributed by atoms with van der Waals surface area (Å²) in [6, 6.07) is 10.8. The third-order valence-corrected chi connectivity index (χ3v) is 5.38. The van der Waals surface area contributed by atoms with Gasteiger partial charge in [-0.3, -0.25) is 4.79 Å². The van der Waals surface area contributed by atoms with Gasteiger partial charge in [-0.15, -0.1) is 11.3 Å². The van der Waals surface area contributed by atoms with Gasteiger partial charge in [-0.05, 0) is 48.9 Å². The molecule has 122 valence electrons. The Labute approximate surface area is 142 Å². The highest BCUT2D eigenvalue weighted by molar-refractivity contribution is 7.10. The summed E-state index contributed by atoms with van der Waals surface area (Å²) in [5.41, 5.74) is 3.75. The topological polar surface area (TPSA) is 32.3 Å². The molecule has 0 fully saturated rings. The van der Waals surface area contributed by atoms with E-state index in [2.05, 4.69) is 54.9 Å². The maximum atomic E-state index is 12.7. The van der Waals surface area contributed by atoms with Crippen LogP contribution in [-0.4, -0.2) is 30.4 Å². The third kappa shape index (κ3) is 3.48. The van der Waals surface area contributed by atoms with Crippen LogP contribution >= 0.6 is 11.3 Å². The molecule has 3 nitrogen and oxygen atoms in total. The van der Waals surface area contributed by atoms with E-state index in [1.54, 1.807) is 0 Å². The van der Waals surface area contributed by atoms with E-state index in [1.807, 2.05) is 16.2 Å². The maximum Gasteiger partial charge on any atom is 0.237 e. The Morgan fingerprint density at radius 3 is 2.83 bits per heavy atom. The van der Waals surface area contributed by atoms with E-state index in [-0.39, 0.29) is 11.9 Å². The van der Waals surface area contributed by atoms with Crippen LogP contribution in [0.5, 0.6) is 0 Å². The summed E-state index contributed by atoms with van der Waals surface area (Å²) in [5.74, 6) is 0.195. The van der Waals surface area contributed by atoms with E-state index in [0.29, 0.717) is 6.54 Å². The number of nitrogens with one attached hydrogen (secondary N) is 1. The van der Waals surface area contributed by atoms with Crippen molar-refractivity contribution < 1.29 is 4.79 Å². The van der Waals surface area contributed by atoms with Gasteiger partial charge in [0.25, 0.3) is 0 Å². The summed E-state index contributed by atoms with van der Waals surface area (Å²) >= 11 is 1.81. The van der Waals surface area contributed by atoms with Crippen molar-refractivity contribution in [1.29, 1.82) is 0 Å². The minimum Gasteiger partial charge on any atom is -0.330 e. The van der Waals surface area contributed by atoms with Crippen molar-refractivity contribution in [3.05, 3.63) is 57.3 Å². The Morgan fingerprint density at radius 1 is 1.30 bits per heavy atom. The number of fused-ring (bicyclic) bond motifs is 1. The second-order valence-electron chi connectivity index (χ2n) is 6.13. The van der Waals surface area contributed by atoms with E-state index < -0.39 is 0 Å². The summed E-state index contributed by atoms with van der Waals surface area (Å²) in [5, 5.41) is 5.39. The van der Waals surface area contributed by atoms with Crippen molar-refractivity contribution in [3.63, 3.8) is 0 Å². The third-order valence-electron chi connectivity index (χ3n) is 4.38. The smallest absolute Gasteiger partial charge is 0.237 e. The first-order chi connectivity index (χ1) is 11.2. The zero-order chi connectivity index (χ0) is 16.2. The molecule has 1 aliphatic heterocycles. The van der Waals surface area contributed by atoms with Crippen molar-refractivity contribution >= 4 is 17.2 Å². The van der Waals surface area contributed by atoms with Crippen LogP contribution in [0.15, 0.2) is 35.7 Å². The lowest BCUT2D eigenvalue weighted by molar-refractivity contribution is -0.132. The molecule has 0 saturated carbocycles. The Bertz CT molecular complexity index is 662. The molecule has 2 heterocycles. The molecule has 1 unspecified atom stereocenters. The highest BCUT2D eigenvalue weighted by atomic mass is 32.1. The van der Waals surface area contributed by atoms with Gasteiger partial charge in [-0.1, -0.05) is 36.8 Å². The van der Waals surface area contributed by atoms with Gasteiger partial charge in [0.05, 0.1) is 12.6 Å². The van der Waals surface area contributed by atoms with E-state index >= 15 is 0 Å². The van der Waals surface area contributed by atoms with E-state index in [4.69, 9.17) is 0 Å². The lowest BCUT2D eigenvalue weighted by Crippen LogP contribution is -2.44. The number of carbonyl (C=O) groups excluding carboxylic acids is 1. The molecule has 23 heavy (non-hydrogen) atoms. The molecule has 1 aromatic heterocycles. The van der Waals surface area contributed by atoms with Gasteiger partial charge >= 0.3 is 0 Å². The monoisotopic (exact) mass is 328 g/mol. The summed E-state index contributed by atoms with van der Waals surface area (Å²) in [7, 11) is 0. The minimum atomic E-state index is 0.0570. The summed E-state index contributed by atoms with van der Waals surface area (Å²) < 4.78 is 0. The maximum absolute atomic E-state index is 12.7. The molecule has 0 radical (unpaired) electrons. The van der Waals surface area contributed by atoms with Gasteiger partial charge in [0.1, 0.15) is 0 Å². The van der Waals surface area contributed by atoms with Crippen LogP contribution in [0, 0.1) is 6.92 Å². The number of carbonyl (C=O) groups is 1. The molecule has 0 bridgehead atoms. The van der Waals surface area contributed by atoms with Gasteiger partial charge in [0.15, 0.2) is 0 Å². The van der Waals surface area contributed by atoms with Crippen LogP contribution in [0.1, 0.15) is 41.0 Å². The molecule has 1 aromatic carbocycles. The molecular weight excluding hydrogens is 304 g/mol. The van der Waals surface area contributed by atoms with E-state index in [0.717, 1.165) is 25.9 Å². The number of amides is 1. The zero-order valence-corrected chi connectivity index (χ0v) is 14.7. The molecule has 1 N–H and O–H groups in total. The van der Waals surface area contributed by atoms with Crippen molar-refractivity contribution in [2.45, 2.75) is 32.7 Å². The van der Waals surface area contributed by atoms with Crippen molar-refractivity contribution in [3.8, 4) is 0 Å². The second-order valence-corrected chi connectivity index (χ2v) is 7.13. The molecular formula is C19H24N2OS. The van der Waals surface area contributed by atoms with Crippen LogP contribution in [-0.2, 0) is 11.2 Å². The first kappa shape index (κ1) is 16.2. The number of aryl methyl sites for hydroxylation is 1. The Kier molecular flexibility index (Phi) is 5.13. The summed E-state index contributed by atoms with van der Waals surface area (Å²) in [4.78, 5) is 16.2. The molecule has 2 aromatic rings. The van der Waals surface area contributed by atoms with Crippen LogP contribution in [0.25, 0.3) is 0 Å². The first-order valence-corrected chi connectivity index (χ1v) is 9.21. The summed E-state index contributed by atoms with van der Waals surface area (Å²) in [6.07, 6.45) is 2.01. The number of hydrogen-bond donors (Lipinski definition) is 1. The molecule has 1 atom stereocenters. The Morgan fingerprint density at radius 2 is 2.09 bits per heavy atom. The van der Waals surface area contributed by atoms with Gasteiger partial charge in [0, 0.05) is 11.4 Å². The Balaban J connectivity index is 1.89. The highest BCUT2D eigenvalue weighted by Gasteiger charge is 2.32. The molecule has 3 rings (SSSR count). The van der Waals surface area contributed by atoms with Gasteiger partial charge in [-0.25, -0.2) is 0 Å². The van der Waals surface area contributed by atoms with Crippen LogP contribution < -0.4 is 5.32 Å². The number of benzene rings is 1. The standard InChI is InChI=1S/C19H24N2OS/c1-3-10-20-13-18(22)21-11-8-17-16(9-12-23-17)19(21)15-6-4-14(2)5-7-15/h4-7,9,12,19-20H,3,8,10-11,13H2,1-2H3. The van der Waals surface area contributed by atoms with Gasteiger partial charge < -0.3 is 10.2 Å². The number of thiophene rings is 1. The fraction of sp³-hybridized carbons (Fsp3) is 0.421. The normalized spacial score (nSPS) is 17.1. The molecule has 1 amide bonds. The number of rotatable bonds is 5. The van der Waals surface area contributed by atoms with Crippen LogP contribution in [0.4, 0.5) is 0 Å². The SMILES string of the molecule is CCCNCC(=O)N1CCc2sccc2C1c1ccc(C)cc1. The fourth-order valence-corrected chi connectivity index (χ4v) is 4.07. The molecule has 0 aliphatic carbocycles. The van der Waals surface area contributed by atoms with Crippen molar-refractivity contribution in [2.75, 3.05) is 19.6 Å². The van der Waals surface area contributed by atoms with Crippen LogP contribution in [0.3, 0.4) is 0 Å². The van der Waals surface area contributed by atoms with Crippen molar-refractivity contribution in [1.82, 2.24) is 10.2 Å². The van der Waals surface area contributed by atoms with Crippen molar-refractivity contribution in [2.24, 2.45) is 0 Å². The Hall–Kier alpha value is -1.65. The van der Waals surface area contributed by atoms with E-state index in [9.17, 15) is 4.79 Å². The van der Waals surface area contributed by atoms with Crippen LogP contribution in [0.2, 0.25) is 0 Å². The average Bonchev–Trinajstić information content (AvgIpc) is 3.03. The fourth-order valence-electron chi connectivity index (χ4n) is 3.17. The molecule has 0 saturated heterocycles. The molecule has 1 aliphatic rings. The first-order valence-electron chi connectivity index (χ1n) is 8.33. The predicted octanol–water partition coefficient (Wildman–Crippen LogP) is 3.53. The zero-order valence-electron chi connectivity index (χ0n) is 13.8. The predicted molar refractivity (Wildman–Crippen MR) is 95.9 cm³/mol.